The van der Waals surface area contributed by atoms with Gasteiger partial charge in [-0.2, -0.15) is 0 Å². The van der Waals surface area contributed by atoms with E-state index < -0.39 is 0 Å². The molecule has 0 atom stereocenters. The lowest BCUT2D eigenvalue weighted by Crippen LogP contribution is -2.51. The Hall–Kier alpha value is -1.46. The first-order chi connectivity index (χ1) is 10.6. The Bertz CT molecular complexity index is 373. The fourth-order valence-electron chi connectivity index (χ4n) is 3.24. The topological polar surface area (TPSA) is 70.7 Å². The molecule has 0 spiro atoms. The third-order valence-electron chi connectivity index (χ3n) is 4.71. The highest BCUT2D eigenvalue weighted by molar-refractivity contribution is 5.74. The predicted molar refractivity (Wildman–Crippen MR) is 84.7 cm³/mol. The lowest BCUT2D eigenvalue weighted by Gasteiger charge is -2.32. The van der Waals surface area contributed by atoms with Gasteiger partial charge in [0.1, 0.15) is 0 Å². The van der Waals surface area contributed by atoms with Crippen molar-refractivity contribution in [2.45, 2.75) is 64.5 Å². The number of carbonyl (C=O) groups is 2. The van der Waals surface area contributed by atoms with Gasteiger partial charge < -0.3 is 20.3 Å². The van der Waals surface area contributed by atoms with Crippen molar-refractivity contribution in [3.05, 3.63) is 0 Å². The van der Waals surface area contributed by atoms with Crippen LogP contribution in [0.25, 0.3) is 0 Å². The summed E-state index contributed by atoms with van der Waals surface area (Å²) >= 11 is 0. The standard InChI is InChI=1S/C16H29N3O3/c1-3-22-16(21)19-10-8-14(9-11-19)18-15(20)17-13-6-4-12(2)5-7-13/h12-14H,3-11H2,1-2H3,(H2,17,18,20). The fraction of sp³-hybridized carbons (Fsp3) is 0.875. The highest BCUT2D eigenvalue weighted by Crippen LogP contribution is 2.23. The molecule has 1 saturated carbocycles. The maximum absolute atomic E-state index is 12.1. The first kappa shape index (κ1) is 16.9. The lowest BCUT2D eigenvalue weighted by atomic mass is 9.87. The number of hydrogen-bond donors (Lipinski definition) is 2. The van der Waals surface area contributed by atoms with Crippen LogP contribution in [-0.4, -0.2) is 48.8 Å². The van der Waals surface area contributed by atoms with E-state index in [1.165, 1.54) is 12.8 Å². The second kappa shape index (κ2) is 8.25. The monoisotopic (exact) mass is 311 g/mol. The van der Waals surface area contributed by atoms with Crippen LogP contribution in [0.15, 0.2) is 0 Å². The molecule has 1 heterocycles. The predicted octanol–water partition coefficient (Wildman–Crippen LogP) is 2.49. The van der Waals surface area contributed by atoms with Crippen LogP contribution in [-0.2, 0) is 4.74 Å². The number of carbonyl (C=O) groups excluding carboxylic acids is 2. The van der Waals surface area contributed by atoms with Crippen molar-refractivity contribution >= 4 is 12.1 Å². The molecule has 0 bridgehead atoms. The van der Waals surface area contributed by atoms with Gasteiger partial charge in [-0.05, 0) is 51.4 Å². The number of piperidine rings is 1. The zero-order valence-corrected chi connectivity index (χ0v) is 13.8. The van der Waals surface area contributed by atoms with E-state index in [9.17, 15) is 9.59 Å². The largest absolute Gasteiger partial charge is 0.450 e. The molecular weight excluding hydrogens is 282 g/mol. The van der Waals surface area contributed by atoms with Crippen LogP contribution in [0.2, 0.25) is 0 Å². The third-order valence-corrected chi connectivity index (χ3v) is 4.71. The molecule has 3 amide bonds. The smallest absolute Gasteiger partial charge is 0.409 e. The molecule has 1 saturated heterocycles. The second-order valence-electron chi connectivity index (χ2n) is 6.53. The molecular formula is C16H29N3O3. The third kappa shape index (κ3) is 5.07. The van der Waals surface area contributed by atoms with E-state index in [-0.39, 0.29) is 18.2 Å². The SMILES string of the molecule is CCOC(=O)N1CCC(NC(=O)NC2CCC(C)CC2)CC1. The molecule has 6 nitrogen and oxygen atoms in total. The van der Waals surface area contributed by atoms with Crippen LogP contribution in [0.5, 0.6) is 0 Å². The van der Waals surface area contributed by atoms with Crippen molar-refractivity contribution in [1.82, 2.24) is 15.5 Å². The van der Waals surface area contributed by atoms with Crippen molar-refractivity contribution in [1.29, 1.82) is 0 Å². The van der Waals surface area contributed by atoms with Gasteiger partial charge >= 0.3 is 12.1 Å². The minimum absolute atomic E-state index is 0.0610. The summed E-state index contributed by atoms with van der Waals surface area (Å²) in [5, 5.41) is 6.13. The van der Waals surface area contributed by atoms with Gasteiger partial charge in [-0.15, -0.1) is 0 Å². The van der Waals surface area contributed by atoms with E-state index in [4.69, 9.17) is 4.74 Å². The van der Waals surface area contributed by atoms with Crippen LogP contribution in [0, 0.1) is 5.92 Å². The van der Waals surface area contributed by atoms with Crippen molar-refractivity contribution in [2.24, 2.45) is 5.92 Å². The Morgan fingerprint density at radius 2 is 1.55 bits per heavy atom. The van der Waals surface area contributed by atoms with Crippen LogP contribution >= 0.6 is 0 Å². The molecule has 2 N–H and O–H groups in total. The minimum atomic E-state index is -0.248. The first-order valence-electron chi connectivity index (χ1n) is 8.57. The molecule has 0 radical (unpaired) electrons. The number of rotatable bonds is 3. The molecule has 6 heteroatoms. The van der Waals surface area contributed by atoms with E-state index >= 15 is 0 Å². The van der Waals surface area contributed by atoms with Gasteiger partial charge in [-0.1, -0.05) is 6.92 Å². The molecule has 0 aromatic heterocycles. The van der Waals surface area contributed by atoms with Crippen LogP contribution in [0.1, 0.15) is 52.4 Å². The summed E-state index contributed by atoms with van der Waals surface area (Å²) in [5.41, 5.74) is 0. The normalized spacial score (nSPS) is 26.4. The molecule has 0 aromatic rings. The number of ether oxygens (including phenoxy) is 1. The number of likely N-dealkylation sites (tertiary alicyclic amines) is 1. The Kier molecular flexibility index (Phi) is 6.34. The summed E-state index contributed by atoms with van der Waals surface area (Å²) in [6.45, 7) is 5.77. The van der Waals surface area contributed by atoms with E-state index in [1.807, 2.05) is 6.92 Å². The Labute approximate surface area is 132 Å². The maximum Gasteiger partial charge on any atom is 0.409 e. The van der Waals surface area contributed by atoms with Gasteiger partial charge in [0.25, 0.3) is 0 Å². The van der Waals surface area contributed by atoms with Crippen LogP contribution < -0.4 is 10.6 Å². The molecule has 1 aliphatic heterocycles. The number of amides is 3. The number of urea groups is 1. The summed E-state index contributed by atoms with van der Waals surface area (Å²) in [6, 6.07) is 0.401. The van der Waals surface area contributed by atoms with Crippen molar-refractivity contribution in [3.8, 4) is 0 Å². The lowest BCUT2D eigenvalue weighted by molar-refractivity contribution is 0.0956. The van der Waals surface area contributed by atoms with Crippen molar-refractivity contribution in [3.63, 3.8) is 0 Å². The Morgan fingerprint density at radius 3 is 2.09 bits per heavy atom. The Morgan fingerprint density at radius 1 is 1.00 bits per heavy atom. The second-order valence-corrected chi connectivity index (χ2v) is 6.53. The molecule has 1 aliphatic carbocycles. The highest BCUT2D eigenvalue weighted by atomic mass is 16.6. The Balaban J connectivity index is 1.65. The van der Waals surface area contributed by atoms with Gasteiger partial charge in [0.2, 0.25) is 0 Å². The minimum Gasteiger partial charge on any atom is -0.450 e. The summed E-state index contributed by atoms with van der Waals surface area (Å²) in [4.78, 5) is 25.4. The van der Waals surface area contributed by atoms with Crippen LogP contribution in [0.3, 0.4) is 0 Å². The van der Waals surface area contributed by atoms with Gasteiger partial charge in [0.05, 0.1) is 6.61 Å². The summed E-state index contributed by atoms with van der Waals surface area (Å²) in [7, 11) is 0. The van der Waals surface area contributed by atoms with Gasteiger partial charge in [-0.25, -0.2) is 9.59 Å². The number of nitrogens with zero attached hydrogens (tertiary/aromatic N) is 1. The molecule has 22 heavy (non-hydrogen) atoms. The van der Waals surface area contributed by atoms with Crippen LogP contribution in [0.4, 0.5) is 9.59 Å². The quantitative estimate of drug-likeness (QED) is 0.841. The highest BCUT2D eigenvalue weighted by Gasteiger charge is 2.25. The number of hydrogen-bond acceptors (Lipinski definition) is 3. The number of nitrogens with one attached hydrogen (secondary N) is 2. The van der Waals surface area contributed by atoms with Gasteiger partial charge in [-0.3, -0.25) is 0 Å². The van der Waals surface area contributed by atoms with Gasteiger partial charge in [0.15, 0.2) is 0 Å². The molecule has 2 aliphatic rings. The molecule has 2 fully saturated rings. The maximum atomic E-state index is 12.1. The first-order valence-corrected chi connectivity index (χ1v) is 8.57. The van der Waals surface area contributed by atoms with E-state index in [1.54, 1.807) is 4.90 Å². The van der Waals surface area contributed by atoms with E-state index in [0.717, 1.165) is 31.6 Å². The molecule has 126 valence electrons. The summed E-state index contributed by atoms with van der Waals surface area (Å²) in [6.07, 6.45) is 5.88. The summed E-state index contributed by atoms with van der Waals surface area (Å²) in [5.74, 6) is 0.785. The zero-order valence-electron chi connectivity index (χ0n) is 13.8. The average molecular weight is 311 g/mol. The van der Waals surface area contributed by atoms with E-state index in [2.05, 4.69) is 17.6 Å². The zero-order chi connectivity index (χ0) is 15.9. The molecule has 2 rings (SSSR count). The molecule has 0 aromatic carbocycles. The molecule has 0 unspecified atom stereocenters. The van der Waals surface area contributed by atoms with E-state index in [0.29, 0.717) is 25.7 Å². The van der Waals surface area contributed by atoms with Crippen molar-refractivity contribution < 1.29 is 14.3 Å². The fourth-order valence-corrected chi connectivity index (χ4v) is 3.24. The van der Waals surface area contributed by atoms with Crippen molar-refractivity contribution in [2.75, 3.05) is 19.7 Å². The van der Waals surface area contributed by atoms with Gasteiger partial charge in [0, 0.05) is 25.2 Å². The summed E-state index contributed by atoms with van der Waals surface area (Å²) < 4.78 is 4.99. The average Bonchev–Trinajstić information content (AvgIpc) is 2.50.